The van der Waals surface area contributed by atoms with Gasteiger partial charge in [-0.2, -0.15) is 0 Å². The van der Waals surface area contributed by atoms with Crippen LogP contribution in [0.2, 0.25) is 0 Å². The standard InChI is InChI=1S/C19H26FN3O3/c1-21(2)10-3-4-17(24)22-11-9-19(13-22)14-23(18(25)12-26-19)16-7-5-15(20)6-8-16/h5-8H,3-4,9-14H2,1-2H3. The number of ether oxygens (including phenoxy) is 1. The Morgan fingerprint density at radius 2 is 2.00 bits per heavy atom. The minimum atomic E-state index is -0.528. The Labute approximate surface area is 153 Å². The molecule has 3 rings (SSSR count). The van der Waals surface area contributed by atoms with Gasteiger partial charge in [0.2, 0.25) is 5.91 Å². The Morgan fingerprint density at radius 3 is 2.69 bits per heavy atom. The second-order valence-corrected chi connectivity index (χ2v) is 7.40. The van der Waals surface area contributed by atoms with E-state index in [0.29, 0.717) is 38.2 Å². The molecule has 0 bridgehead atoms. The Kier molecular flexibility index (Phi) is 5.58. The van der Waals surface area contributed by atoms with E-state index in [4.69, 9.17) is 4.74 Å². The first-order chi connectivity index (χ1) is 12.4. The zero-order valence-electron chi connectivity index (χ0n) is 15.4. The molecule has 2 heterocycles. The molecule has 26 heavy (non-hydrogen) atoms. The second kappa shape index (κ2) is 7.72. The Bertz CT molecular complexity index is 664. The normalized spacial score (nSPS) is 23.3. The van der Waals surface area contributed by atoms with Crippen LogP contribution in [0.15, 0.2) is 24.3 Å². The van der Waals surface area contributed by atoms with Crippen LogP contribution in [0.4, 0.5) is 10.1 Å². The van der Waals surface area contributed by atoms with Crippen molar-refractivity contribution in [2.45, 2.75) is 24.9 Å². The maximum atomic E-state index is 13.2. The van der Waals surface area contributed by atoms with Gasteiger partial charge in [0.25, 0.3) is 5.91 Å². The number of carbonyl (C=O) groups excluding carboxylic acids is 2. The summed E-state index contributed by atoms with van der Waals surface area (Å²) in [6, 6.07) is 5.90. The number of carbonyl (C=O) groups is 2. The largest absolute Gasteiger partial charge is 0.361 e. The van der Waals surface area contributed by atoms with Crippen molar-refractivity contribution in [2.75, 3.05) is 51.8 Å². The van der Waals surface area contributed by atoms with Crippen LogP contribution >= 0.6 is 0 Å². The van der Waals surface area contributed by atoms with Crippen molar-refractivity contribution < 1.29 is 18.7 Å². The molecule has 1 atom stereocenters. The number of hydrogen-bond acceptors (Lipinski definition) is 4. The number of nitrogens with zero attached hydrogens (tertiary/aromatic N) is 3. The summed E-state index contributed by atoms with van der Waals surface area (Å²) in [5.74, 6) is -0.338. The van der Waals surface area contributed by atoms with Gasteiger partial charge in [0.1, 0.15) is 18.0 Å². The predicted molar refractivity (Wildman–Crippen MR) is 96.4 cm³/mol. The Balaban J connectivity index is 1.62. The minimum Gasteiger partial charge on any atom is -0.361 e. The third-order valence-electron chi connectivity index (χ3n) is 5.05. The van der Waals surface area contributed by atoms with E-state index in [9.17, 15) is 14.0 Å². The molecule has 0 radical (unpaired) electrons. The fourth-order valence-electron chi connectivity index (χ4n) is 3.58. The minimum absolute atomic E-state index is 0.0139. The molecule has 2 aliphatic rings. The van der Waals surface area contributed by atoms with Crippen molar-refractivity contribution in [2.24, 2.45) is 0 Å². The molecule has 142 valence electrons. The number of rotatable bonds is 5. The first-order valence-corrected chi connectivity index (χ1v) is 9.01. The summed E-state index contributed by atoms with van der Waals surface area (Å²) in [7, 11) is 3.98. The van der Waals surface area contributed by atoms with Crippen LogP contribution in [-0.2, 0) is 14.3 Å². The lowest BCUT2D eigenvalue weighted by Crippen LogP contribution is -2.56. The molecule has 1 aromatic rings. The van der Waals surface area contributed by atoms with Crippen molar-refractivity contribution in [1.29, 1.82) is 0 Å². The van der Waals surface area contributed by atoms with Gasteiger partial charge >= 0.3 is 0 Å². The molecule has 2 aliphatic heterocycles. The number of morpholine rings is 1. The highest BCUT2D eigenvalue weighted by Crippen LogP contribution is 2.32. The number of anilines is 1. The van der Waals surface area contributed by atoms with E-state index in [1.807, 2.05) is 19.0 Å². The van der Waals surface area contributed by atoms with Gasteiger partial charge in [-0.05, 0) is 57.7 Å². The third kappa shape index (κ3) is 4.22. The summed E-state index contributed by atoms with van der Waals surface area (Å²) in [6.45, 7) is 2.40. The fourth-order valence-corrected chi connectivity index (χ4v) is 3.58. The summed E-state index contributed by atoms with van der Waals surface area (Å²) in [4.78, 5) is 30.2. The van der Waals surface area contributed by atoms with E-state index in [1.54, 1.807) is 17.0 Å². The molecule has 0 aromatic heterocycles. The number of benzene rings is 1. The summed E-state index contributed by atoms with van der Waals surface area (Å²) in [5, 5.41) is 0. The first kappa shape index (κ1) is 18.8. The van der Waals surface area contributed by atoms with E-state index < -0.39 is 5.60 Å². The van der Waals surface area contributed by atoms with Gasteiger partial charge in [-0.25, -0.2) is 4.39 Å². The number of halogens is 1. The summed E-state index contributed by atoms with van der Waals surface area (Å²) in [6.07, 6.45) is 2.06. The lowest BCUT2D eigenvalue weighted by Gasteiger charge is -2.40. The number of likely N-dealkylation sites (tertiary alicyclic amines) is 1. The maximum absolute atomic E-state index is 13.2. The summed E-state index contributed by atoms with van der Waals surface area (Å²) < 4.78 is 19.0. The van der Waals surface area contributed by atoms with E-state index in [2.05, 4.69) is 4.90 Å². The van der Waals surface area contributed by atoms with Crippen molar-refractivity contribution in [3.63, 3.8) is 0 Å². The lowest BCUT2D eigenvalue weighted by molar-refractivity contribution is -0.139. The van der Waals surface area contributed by atoms with Crippen LogP contribution in [0.3, 0.4) is 0 Å². The van der Waals surface area contributed by atoms with Gasteiger partial charge in [0.15, 0.2) is 0 Å². The predicted octanol–water partition coefficient (Wildman–Crippen LogP) is 1.50. The average Bonchev–Trinajstić information content (AvgIpc) is 3.02. The molecule has 1 unspecified atom stereocenters. The topological polar surface area (TPSA) is 53.1 Å². The van der Waals surface area contributed by atoms with Crippen LogP contribution in [0.25, 0.3) is 0 Å². The molecule has 1 spiro atoms. The molecule has 0 saturated carbocycles. The quantitative estimate of drug-likeness (QED) is 0.796. The molecule has 7 heteroatoms. The van der Waals surface area contributed by atoms with Crippen molar-refractivity contribution >= 4 is 17.5 Å². The average molecular weight is 363 g/mol. The molecule has 0 N–H and O–H groups in total. The van der Waals surface area contributed by atoms with Crippen molar-refractivity contribution in [1.82, 2.24) is 9.80 Å². The Morgan fingerprint density at radius 1 is 1.27 bits per heavy atom. The maximum Gasteiger partial charge on any atom is 0.253 e. The van der Waals surface area contributed by atoms with Crippen LogP contribution in [-0.4, -0.2) is 74.1 Å². The van der Waals surface area contributed by atoms with Gasteiger partial charge in [0, 0.05) is 18.7 Å². The van der Waals surface area contributed by atoms with Gasteiger partial charge in [-0.15, -0.1) is 0 Å². The van der Waals surface area contributed by atoms with Crippen molar-refractivity contribution in [3.8, 4) is 0 Å². The fraction of sp³-hybridized carbons (Fsp3) is 0.579. The molecule has 0 aliphatic carbocycles. The molecule has 2 fully saturated rings. The zero-order valence-corrected chi connectivity index (χ0v) is 15.4. The van der Waals surface area contributed by atoms with E-state index in [0.717, 1.165) is 13.0 Å². The zero-order chi connectivity index (χ0) is 18.7. The Hall–Kier alpha value is -1.99. The van der Waals surface area contributed by atoms with Gasteiger partial charge in [0.05, 0.1) is 13.1 Å². The van der Waals surface area contributed by atoms with Crippen molar-refractivity contribution in [3.05, 3.63) is 30.1 Å². The van der Waals surface area contributed by atoms with Crippen LogP contribution in [0, 0.1) is 5.82 Å². The monoisotopic (exact) mass is 363 g/mol. The van der Waals surface area contributed by atoms with Gasteiger partial charge in [-0.3, -0.25) is 9.59 Å². The smallest absolute Gasteiger partial charge is 0.253 e. The second-order valence-electron chi connectivity index (χ2n) is 7.40. The molecule has 6 nitrogen and oxygen atoms in total. The van der Waals surface area contributed by atoms with Crippen LogP contribution in [0.1, 0.15) is 19.3 Å². The highest BCUT2D eigenvalue weighted by molar-refractivity contribution is 5.95. The molecular formula is C19H26FN3O3. The molecular weight excluding hydrogens is 337 g/mol. The van der Waals surface area contributed by atoms with Gasteiger partial charge in [-0.1, -0.05) is 0 Å². The van der Waals surface area contributed by atoms with E-state index in [-0.39, 0.29) is 24.2 Å². The number of amides is 2. The molecule has 2 saturated heterocycles. The SMILES string of the molecule is CN(C)CCCC(=O)N1CCC2(C1)CN(c1ccc(F)cc1)C(=O)CO2. The highest BCUT2D eigenvalue weighted by atomic mass is 19.1. The first-order valence-electron chi connectivity index (χ1n) is 9.01. The molecule has 1 aromatic carbocycles. The van der Waals surface area contributed by atoms with Crippen LogP contribution in [0.5, 0.6) is 0 Å². The lowest BCUT2D eigenvalue weighted by atomic mass is 10.00. The number of hydrogen-bond donors (Lipinski definition) is 0. The van der Waals surface area contributed by atoms with Gasteiger partial charge < -0.3 is 19.4 Å². The van der Waals surface area contributed by atoms with Crippen LogP contribution < -0.4 is 4.90 Å². The van der Waals surface area contributed by atoms with E-state index >= 15 is 0 Å². The van der Waals surface area contributed by atoms with E-state index in [1.165, 1.54) is 12.1 Å². The summed E-state index contributed by atoms with van der Waals surface area (Å²) in [5.41, 5.74) is 0.134. The molecule has 2 amide bonds. The summed E-state index contributed by atoms with van der Waals surface area (Å²) >= 11 is 0. The third-order valence-corrected chi connectivity index (χ3v) is 5.05. The highest BCUT2D eigenvalue weighted by Gasteiger charge is 2.46.